The summed E-state index contributed by atoms with van der Waals surface area (Å²) in [5, 5.41) is 24.8. The van der Waals surface area contributed by atoms with Crippen LogP contribution in [0.2, 0.25) is 0 Å². The molecule has 2 aliphatic heterocycles. The van der Waals surface area contributed by atoms with Gasteiger partial charge in [-0.2, -0.15) is 20.5 Å². The van der Waals surface area contributed by atoms with Crippen LogP contribution in [0.4, 0.5) is 22.7 Å². The van der Waals surface area contributed by atoms with Crippen LogP contribution in [0.5, 0.6) is 34.5 Å². The predicted molar refractivity (Wildman–Crippen MR) is 325 cm³/mol. The van der Waals surface area contributed by atoms with Crippen molar-refractivity contribution in [2.24, 2.45) is 20.5 Å². The average molecular weight is 1180 g/mol. The number of hydrogen-bond acceptors (Lipinski definition) is 18. The molecule has 9 rings (SSSR count). The maximum absolute atomic E-state index is 13.8. The largest absolute Gasteiger partial charge is 0.491 e. The standard InChI is InChI=1S/C65H72N5O14P/c71-65(66-28-45-85(58-10-4-1-5-11-58,59-12-6-2-7-13-59)60-14-8-3-9-15-60)50-84-57(48-82-55-22-16-51(17-23-55)67-69-53-20-26-61-63(46-53)80-43-39-76-35-31-72-29-33-74-37-41-78-61)49-83-56-24-18-52(19-25-56)68-70-54-21-27-62-64(47-54)81-44-40-77-36-32-73-30-34-75-38-42-79-62/h1-27,46-47,57H,28-45,48-50H2/p+1. The highest BCUT2D eigenvalue weighted by molar-refractivity contribution is 7.95. The van der Waals surface area contributed by atoms with E-state index >= 15 is 0 Å². The molecule has 1 amide bonds. The van der Waals surface area contributed by atoms with Crippen molar-refractivity contribution in [3.05, 3.63) is 176 Å². The number of fused-ring (bicyclic) bond motifs is 2. The normalized spacial score (nSPS) is 15.8. The van der Waals surface area contributed by atoms with Gasteiger partial charge in [-0.05, 0) is 109 Å². The topological polar surface area (TPSA) is 199 Å². The molecule has 19 nitrogen and oxygen atoms in total. The van der Waals surface area contributed by atoms with Crippen LogP contribution in [-0.4, -0.2) is 150 Å². The van der Waals surface area contributed by atoms with Crippen LogP contribution in [0.1, 0.15) is 0 Å². The average Bonchev–Trinajstić information content (AvgIpc) is 3.74. The van der Waals surface area contributed by atoms with E-state index in [9.17, 15) is 4.79 Å². The summed E-state index contributed by atoms with van der Waals surface area (Å²) >= 11 is 0. The number of azo groups is 2. The maximum Gasteiger partial charge on any atom is 0.246 e. The van der Waals surface area contributed by atoms with Crippen LogP contribution < -0.4 is 49.7 Å². The number of nitrogens with one attached hydrogen (secondary N) is 1. The van der Waals surface area contributed by atoms with Crippen molar-refractivity contribution in [3.63, 3.8) is 0 Å². The number of amides is 1. The van der Waals surface area contributed by atoms with Crippen LogP contribution in [0.3, 0.4) is 0 Å². The molecule has 7 aromatic rings. The van der Waals surface area contributed by atoms with Crippen molar-refractivity contribution in [1.82, 2.24) is 5.32 Å². The number of nitrogens with zero attached hydrogens (tertiary/aromatic N) is 4. The molecule has 7 aromatic carbocycles. The SMILES string of the molecule is O=C(COC(COc1ccc(N=Nc2ccc3c(c2)OCCOCCOCCOCCO3)cc1)COc1ccc(N=Nc2ccc3c(c2)OCCOCCOCCOCCO3)cc1)NCC[P+](c1ccccc1)(c1ccccc1)c1ccccc1. The molecule has 0 spiro atoms. The minimum Gasteiger partial charge on any atom is -0.491 e. The van der Waals surface area contributed by atoms with Gasteiger partial charge in [-0.1, -0.05) is 54.6 Å². The Hall–Kier alpha value is -7.84. The van der Waals surface area contributed by atoms with Crippen LogP contribution in [0.15, 0.2) is 196 Å². The Morgan fingerprint density at radius 2 is 0.729 bits per heavy atom. The third-order valence-corrected chi connectivity index (χ3v) is 17.6. The molecule has 0 fully saturated rings. The smallest absolute Gasteiger partial charge is 0.246 e. The Bertz CT molecular complexity index is 2880. The first-order valence-corrected chi connectivity index (χ1v) is 30.5. The second-order valence-electron chi connectivity index (χ2n) is 19.2. The third kappa shape index (κ3) is 20.2. The number of ether oxygens (including phenoxy) is 13. The van der Waals surface area contributed by atoms with Crippen LogP contribution in [0.25, 0.3) is 0 Å². The Labute approximate surface area is 496 Å². The fourth-order valence-electron chi connectivity index (χ4n) is 8.97. The summed E-state index contributed by atoms with van der Waals surface area (Å²) in [6, 6.07) is 56.9. The van der Waals surface area contributed by atoms with Crippen LogP contribution >= 0.6 is 7.26 Å². The molecule has 1 N–H and O–H groups in total. The number of carbonyl (C=O) groups is 1. The van der Waals surface area contributed by atoms with Gasteiger partial charge in [0.2, 0.25) is 5.91 Å². The molecule has 0 atom stereocenters. The Morgan fingerprint density at radius 1 is 0.400 bits per heavy atom. The summed E-state index contributed by atoms with van der Waals surface area (Å²) in [6.07, 6.45) is 0.0424. The van der Waals surface area contributed by atoms with E-state index in [1.165, 1.54) is 15.9 Å². The maximum atomic E-state index is 13.8. The monoisotopic (exact) mass is 1180 g/mol. The summed E-state index contributed by atoms with van der Waals surface area (Å²) in [6.45, 7) is 7.07. The molecular formula is C65H73N5O14P+. The first kappa shape index (κ1) is 61.7. The van der Waals surface area contributed by atoms with Gasteiger partial charge in [0.1, 0.15) is 87.0 Å². The van der Waals surface area contributed by atoms with Gasteiger partial charge in [-0.25, -0.2) is 0 Å². The molecule has 0 aliphatic carbocycles. The fourth-order valence-corrected chi connectivity index (χ4v) is 13.1. The molecule has 2 aliphatic rings. The molecule has 85 heavy (non-hydrogen) atoms. The van der Waals surface area contributed by atoms with Crippen molar-refractivity contribution in [2.75, 3.05) is 138 Å². The summed E-state index contributed by atoms with van der Waals surface area (Å²) in [7, 11) is -2.18. The number of benzene rings is 7. The minimum absolute atomic E-state index is 0.0680. The first-order chi connectivity index (χ1) is 42.1. The van der Waals surface area contributed by atoms with Gasteiger partial charge in [-0.3, -0.25) is 4.79 Å². The fraction of sp³-hybridized carbons (Fsp3) is 0.338. The summed E-state index contributed by atoms with van der Waals surface area (Å²) in [5.41, 5.74) is 2.34. The number of rotatable bonds is 19. The predicted octanol–water partition coefficient (Wildman–Crippen LogP) is 10.1. The zero-order valence-electron chi connectivity index (χ0n) is 47.6. The summed E-state index contributed by atoms with van der Waals surface area (Å²) < 4.78 is 76.3. The molecule has 0 unspecified atom stereocenters. The number of hydrogen-bond donors (Lipinski definition) is 1. The molecule has 20 heteroatoms. The van der Waals surface area contributed by atoms with Gasteiger partial charge >= 0.3 is 0 Å². The van der Waals surface area contributed by atoms with E-state index in [-0.39, 0.29) is 25.7 Å². The minimum atomic E-state index is -2.18. The first-order valence-electron chi connectivity index (χ1n) is 28.6. The lowest BCUT2D eigenvalue weighted by molar-refractivity contribution is -0.129. The molecule has 0 radical (unpaired) electrons. The molecular weight excluding hydrogens is 1110 g/mol. The van der Waals surface area contributed by atoms with E-state index in [0.29, 0.717) is 176 Å². The highest BCUT2D eigenvalue weighted by Gasteiger charge is 2.44. The van der Waals surface area contributed by atoms with Crippen molar-refractivity contribution in [3.8, 4) is 34.5 Å². The Kier molecular flexibility index (Phi) is 25.3. The third-order valence-electron chi connectivity index (χ3n) is 13.2. The van der Waals surface area contributed by atoms with Crippen molar-refractivity contribution >= 4 is 51.8 Å². The van der Waals surface area contributed by atoms with E-state index in [1.807, 2.05) is 18.2 Å². The lowest BCUT2D eigenvalue weighted by Crippen LogP contribution is -2.39. The molecule has 2 heterocycles. The van der Waals surface area contributed by atoms with Crippen molar-refractivity contribution in [1.29, 1.82) is 0 Å². The van der Waals surface area contributed by atoms with E-state index in [1.54, 1.807) is 84.9 Å². The summed E-state index contributed by atoms with van der Waals surface area (Å²) in [4.78, 5) is 13.8. The Morgan fingerprint density at radius 3 is 1.11 bits per heavy atom. The Balaban J connectivity index is 0.838. The van der Waals surface area contributed by atoms with Gasteiger partial charge in [0, 0.05) is 12.1 Å². The quantitative estimate of drug-likeness (QED) is 0.0593. The second-order valence-corrected chi connectivity index (χ2v) is 22.8. The van der Waals surface area contributed by atoms with Gasteiger partial charge in [0.25, 0.3) is 0 Å². The van der Waals surface area contributed by atoms with E-state index in [0.717, 1.165) is 0 Å². The van der Waals surface area contributed by atoms with Crippen molar-refractivity contribution < 1.29 is 66.4 Å². The number of carbonyl (C=O) groups excluding carboxylic acids is 1. The van der Waals surface area contributed by atoms with E-state index in [4.69, 9.17) is 61.6 Å². The van der Waals surface area contributed by atoms with Gasteiger partial charge < -0.3 is 66.9 Å². The molecule has 0 saturated carbocycles. The van der Waals surface area contributed by atoms with Crippen LogP contribution in [0, 0.1) is 0 Å². The highest BCUT2D eigenvalue weighted by atomic mass is 31.2. The molecule has 446 valence electrons. The van der Waals surface area contributed by atoms with E-state index in [2.05, 4.69) is 98.6 Å². The second kappa shape index (κ2) is 34.8. The van der Waals surface area contributed by atoms with Crippen LogP contribution in [-0.2, 0) is 38.0 Å². The van der Waals surface area contributed by atoms with Crippen molar-refractivity contribution in [2.45, 2.75) is 6.10 Å². The van der Waals surface area contributed by atoms with Gasteiger partial charge in [0.05, 0.1) is 115 Å². The summed E-state index contributed by atoms with van der Waals surface area (Å²) in [5.74, 6) is 3.03. The van der Waals surface area contributed by atoms with Gasteiger partial charge in [-0.15, -0.1) is 0 Å². The molecule has 0 bridgehead atoms. The highest BCUT2D eigenvalue weighted by Crippen LogP contribution is 2.54. The lowest BCUT2D eigenvalue weighted by Gasteiger charge is -2.27. The molecule has 0 saturated heterocycles. The zero-order valence-corrected chi connectivity index (χ0v) is 48.5. The van der Waals surface area contributed by atoms with Gasteiger partial charge in [0.15, 0.2) is 23.0 Å². The molecule has 0 aromatic heterocycles. The zero-order chi connectivity index (χ0) is 58.2. The van der Waals surface area contributed by atoms with E-state index < -0.39 is 13.4 Å². The lowest BCUT2D eigenvalue weighted by atomic mass is 10.3.